The summed E-state index contributed by atoms with van der Waals surface area (Å²) in [5.74, 6) is 0.152. The third-order valence-electron chi connectivity index (χ3n) is 3.08. The quantitative estimate of drug-likeness (QED) is 0.694. The molecular formula is C11H21NO2. The van der Waals surface area contributed by atoms with E-state index in [1.165, 1.54) is 6.42 Å². The highest BCUT2D eigenvalue weighted by atomic mass is 16.5. The maximum atomic E-state index is 11.9. The van der Waals surface area contributed by atoms with E-state index in [4.69, 9.17) is 4.74 Å². The van der Waals surface area contributed by atoms with E-state index >= 15 is 0 Å². The summed E-state index contributed by atoms with van der Waals surface area (Å²) < 4.78 is 5.07. The van der Waals surface area contributed by atoms with Gasteiger partial charge in [-0.05, 0) is 32.6 Å². The third kappa shape index (κ3) is 2.47. The Bertz CT molecular complexity index is 194. The Labute approximate surface area is 86.4 Å². The highest BCUT2D eigenvalue weighted by Crippen LogP contribution is 2.20. The first-order valence-corrected chi connectivity index (χ1v) is 5.54. The van der Waals surface area contributed by atoms with E-state index in [-0.39, 0.29) is 12.0 Å². The number of likely N-dealkylation sites (tertiary alicyclic amines) is 1. The second-order valence-corrected chi connectivity index (χ2v) is 3.97. The summed E-state index contributed by atoms with van der Waals surface area (Å²) >= 11 is 0. The Morgan fingerprint density at radius 3 is 2.86 bits per heavy atom. The summed E-state index contributed by atoms with van der Waals surface area (Å²) in [5.41, 5.74) is 0. The van der Waals surface area contributed by atoms with Gasteiger partial charge in [0.15, 0.2) is 0 Å². The number of hydrogen-bond acceptors (Lipinski definition) is 2. The van der Waals surface area contributed by atoms with Crippen LogP contribution in [0.15, 0.2) is 0 Å². The number of amides is 1. The summed E-state index contributed by atoms with van der Waals surface area (Å²) in [6.07, 6.45) is 4.31. The van der Waals surface area contributed by atoms with Crippen molar-refractivity contribution in [1.82, 2.24) is 4.90 Å². The molecule has 1 saturated heterocycles. The van der Waals surface area contributed by atoms with E-state index < -0.39 is 0 Å². The highest BCUT2D eigenvalue weighted by Gasteiger charge is 2.28. The van der Waals surface area contributed by atoms with Gasteiger partial charge >= 0.3 is 0 Å². The van der Waals surface area contributed by atoms with Gasteiger partial charge in [-0.1, -0.05) is 6.92 Å². The molecule has 1 rings (SSSR count). The minimum atomic E-state index is -0.290. The average Bonchev–Trinajstić information content (AvgIpc) is 2.26. The van der Waals surface area contributed by atoms with Crippen LogP contribution in [0.1, 0.15) is 39.5 Å². The topological polar surface area (TPSA) is 29.5 Å². The van der Waals surface area contributed by atoms with Gasteiger partial charge in [-0.15, -0.1) is 0 Å². The van der Waals surface area contributed by atoms with Gasteiger partial charge in [0.25, 0.3) is 5.91 Å². The van der Waals surface area contributed by atoms with Crippen molar-refractivity contribution in [2.75, 3.05) is 13.7 Å². The summed E-state index contributed by atoms with van der Waals surface area (Å²) in [5, 5.41) is 0. The van der Waals surface area contributed by atoms with Gasteiger partial charge in [-0.2, -0.15) is 0 Å². The van der Waals surface area contributed by atoms with Crippen molar-refractivity contribution in [1.29, 1.82) is 0 Å². The standard InChI is InChI=1S/C11H21NO2/c1-4-10-7-5-6-8-12(10)11(13)9(2)14-3/h9-10H,4-8H2,1-3H3. The van der Waals surface area contributed by atoms with E-state index in [9.17, 15) is 4.79 Å². The molecule has 2 unspecified atom stereocenters. The van der Waals surface area contributed by atoms with Gasteiger partial charge in [-0.3, -0.25) is 4.79 Å². The molecule has 2 atom stereocenters. The van der Waals surface area contributed by atoms with Crippen LogP contribution < -0.4 is 0 Å². The van der Waals surface area contributed by atoms with Crippen molar-refractivity contribution < 1.29 is 9.53 Å². The van der Waals surface area contributed by atoms with E-state index in [0.717, 1.165) is 25.8 Å². The van der Waals surface area contributed by atoms with Crippen molar-refractivity contribution in [2.24, 2.45) is 0 Å². The van der Waals surface area contributed by atoms with Crippen LogP contribution in [0.2, 0.25) is 0 Å². The molecule has 0 aliphatic carbocycles. The van der Waals surface area contributed by atoms with Gasteiger partial charge in [0.1, 0.15) is 6.10 Å². The molecule has 1 amide bonds. The minimum absolute atomic E-state index is 0.152. The summed E-state index contributed by atoms with van der Waals surface area (Å²) in [6, 6.07) is 0.439. The second kappa shape index (κ2) is 5.35. The fraction of sp³-hybridized carbons (Fsp3) is 0.909. The predicted molar refractivity (Wildman–Crippen MR) is 56.1 cm³/mol. The van der Waals surface area contributed by atoms with Crippen LogP contribution in [0.25, 0.3) is 0 Å². The normalized spacial score (nSPS) is 24.8. The number of hydrogen-bond donors (Lipinski definition) is 0. The van der Waals surface area contributed by atoms with Crippen molar-refractivity contribution in [3.63, 3.8) is 0 Å². The molecule has 0 radical (unpaired) electrons. The first-order valence-electron chi connectivity index (χ1n) is 5.54. The molecule has 0 aromatic rings. The van der Waals surface area contributed by atoms with E-state index in [1.807, 2.05) is 11.8 Å². The lowest BCUT2D eigenvalue weighted by Crippen LogP contribution is -2.47. The monoisotopic (exact) mass is 199 g/mol. The number of piperidine rings is 1. The number of rotatable bonds is 3. The Balaban J connectivity index is 2.58. The maximum absolute atomic E-state index is 11.9. The van der Waals surface area contributed by atoms with Crippen molar-refractivity contribution in [3.8, 4) is 0 Å². The zero-order valence-corrected chi connectivity index (χ0v) is 9.45. The van der Waals surface area contributed by atoms with Crippen LogP contribution in [0.5, 0.6) is 0 Å². The molecule has 1 aliphatic rings. The summed E-state index contributed by atoms with van der Waals surface area (Å²) in [4.78, 5) is 13.9. The SMILES string of the molecule is CCC1CCCCN1C(=O)C(C)OC. The lowest BCUT2D eigenvalue weighted by atomic mass is 9.99. The van der Waals surface area contributed by atoms with Crippen LogP contribution in [-0.4, -0.2) is 36.6 Å². The molecule has 3 nitrogen and oxygen atoms in total. The zero-order valence-electron chi connectivity index (χ0n) is 9.45. The van der Waals surface area contributed by atoms with Crippen molar-refractivity contribution >= 4 is 5.91 Å². The molecule has 1 fully saturated rings. The number of nitrogens with zero attached hydrogens (tertiary/aromatic N) is 1. The molecule has 1 heterocycles. The van der Waals surface area contributed by atoms with Crippen LogP contribution in [0, 0.1) is 0 Å². The molecule has 82 valence electrons. The van der Waals surface area contributed by atoms with Gasteiger partial charge < -0.3 is 9.64 Å². The Hall–Kier alpha value is -0.570. The lowest BCUT2D eigenvalue weighted by molar-refractivity contribution is -0.144. The van der Waals surface area contributed by atoms with Gasteiger partial charge in [0, 0.05) is 19.7 Å². The largest absolute Gasteiger partial charge is 0.372 e. The molecule has 1 aliphatic heterocycles. The maximum Gasteiger partial charge on any atom is 0.251 e. The number of carbonyl (C=O) groups excluding carboxylic acids is 1. The Morgan fingerprint density at radius 1 is 1.57 bits per heavy atom. The molecule has 0 saturated carbocycles. The molecule has 0 N–H and O–H groups in total. The van der Waals surface area contributed by atoms with E-state index in [2.05, 4.69) is 6.92 Å². The van der Waals surface area contributed by atoms with Crippen LogP contribution in [0.4, 0.5) is 0 Å². The smallest absolute Gasteiger partial charge is 0.251 e. The van der Waals surface area contributed by atoms with Crippen molar-refractivity contribution in [2.45, 2.75) is 51.7 Å². The Kier molecular flexibility index (Phi) is 4.39. The van der Waals surface area contributed by atoms with Gasteiger partial charge in [-0.25, -0.2) is 0 Å². The zero-order chi connectivity index (χ0) is 10.6. The number of carbonyl (C=O) groups is 1. The molecule has 14 heavy (non-hydrogen) atoms. The van der Waals surface area contributed by atoms with E-state index in [1.54, 1.807) is 7.11 Å². The van der Waals surface area contributed by atoms with Crippen LogP contribution >= 0.6 is 0 Å². The Morgan fingerprint density at radius 2 is 2.29 bits per heavy atom. The lowest BCUT2D eigenvalue weighted by Gasteiger charge is -2.36. The minimum Gasteiger partial charge on any atom is -0.372 e. The van der Waals surface area contributed by atoms with Gasteiger partial charge in [0.05, 0.1) is 0 Å². The molecular weight excluding hydrogens is 178 g/mol. The number of methoxy groups -OCH3 is 1. The van der Waals surface area contributed by atoms with Gasteiger partial charge in [0.2, 0.25) is 0 Å². The third-order valence-corrected chi connectivity index (χ3v) is 3.08. The van der Waals surface area contributed by atoms with Crippen molar-refractivity contribution in [3.05, 3.63) is 0 Å². The predicted octanol–water partition coefficient (Wildman–Crippen LogP) is 1.81. The molecule has 3 heteroatoms. The number of ether oxygens (including phenoxy) is 1. The average molecular weight is 199 g/mol. The first kappa shape index (κ1) is 11.5. The highest BCUT2D eigenvalue weighted by molar-refractivity contribution is 5.80. The van der Waals surface area contributed by atoms with E-state index in [0.29, 0.717) is 6.04 Å². The second-order valence-electron chi connectivity index (χ2n) is 3.97. The summed E-state index contributed by atoms with van der Waals surface area (Å²) in [6.45, 7) is 4.88. The first-order chi connectivity index (χ1) is 6.70. The molecule has 0 bridgehead atoms. The fourth-order valence-corrected chi connectivity index (χ4v) is 2.05. The van der Waals surface area contributed by atoms with Crippen LogP contribution in [0.3, 0.4) is 0 Å². The molecule has 0 aromatic carbocycles. The molecule has 0 spiro atoms. The van der Waals surface area contributed by atoms with Crippen LogP contribution in [-0.2, 0) is 9.53 Å². The molecule has 0 aromatic heterocycles. The fourth-order valence-electron chi connectivity index (χ4n) is 2.05. The summed E-state index contributed by atoms with van der Waals surface area (Å²) in [7, 11) is 1.59.